The van der Waals surface area contributed by atoms with Gasteiger partial charge in [0.15, 0.2) is 0 Å². The number of carboxylic acids is 1. The molecule has 0 amide bonds. The molecule has 2 rings (SSSR count). The lowest BCUT2D eigenvalue weighted by Gasteiger charge is -2.21. The van der Waals surface area contributed by atoms with Crippen molar-refractivity contribution in [2.24, 2.45) is 5.92 Å². The lowest BCUT2D eigenvalue weighted by atomic mass is 9.99. The first-order valence-corrected chi connectivity index (χ1v) is 6.77. The van der Waals surface area contributed by atoms with Gasteiger partial charge in [-0.05, 0) is 37.8 Å². The van der Waals surface area contributed by atoms with Crippen LogP contribution in [0.1, 0.15) is 43.0 Å². The quantitative estimate of drug-likeness (QED) is 0.637. The zero-order valence-corrected chi connectivity index (χ0v) is 11.3. The number of nitro benzene ring substituents is 1. The first-order chi connectivity index (χ1) is 9.49. The summed E-state index contributed by atoms with van der Waals surface area (Å²) in [5, 5.41) is 23.1. The highest BCUT2D eigenvalue weighted by Gasteiger charge is 2.23. The average molecular weight is 278 g/mol. The molecule has 108 valence electrons. The van der Waals surface area contributed by atoms with E-state index < -0.39 is 10.9 Å². The number of benzene rings is 1. The fraction of sp³-hybridized carbons (Fsp3) is 0.500. The lowest BCUT2D eigenvalue weighted by Crippen LogP contribution is -2.23. The van der Waals surface area contributed by atoms with Gasteiger partial charge in [0.25, 0.3) is 5.69 Å². The number of carbonyl (C=O) groups is 1. The Morgan fingerprint density at radius 1 is 1.45 bits per heavy atom. The molecule has 0 radical (unpaired) electrons. The van der Waals surface area contributed by atoms with Crippen LogP contribution in [0.5, 0.6) is 0 Å². The van der Waals surface area contributed by atoms with Gasteiger partial charge in [-0.25, -0.2) is 4.79 Å². The zero-order chi connectivity index (χ0) is 14.7. The van der Waals surface area contributed by atoms with E-state index in [1.54, 1.807) is 6.07 Å². The molecule has 1 aromatic rings. The normalized spacial score (nSPS) is 16.9. The predicted molar refractivity (Wildman–Crippen MR) is 75.1 cm³/mol. The summed E-state index contributed by atoms with van der Waals surface area (Å²) in [6.45, 7) is 2.06. The first kappa shape index (κ1) is 14.3. The Hall–Kier alpha value is -2.11. The van der Waals surface area contributed by atoms with Crippen molar-refractivity contribution in [3.8, 4) is 0 Å². The first-order valence-electron chi connectivity index (χ1n) is 6.77. The molecule has 0 heterocycles. The molecule has 1 aromatic carbocycles. The van der Waals surface area contributed by atoms with Crippen LogP contribution >= 0.6 is 0 Å². The van der Waals surface area contributed by atoms with Gasteiger partial charge in [0.1, 0.15) is 5.56 Å². The molecule has 6 nitrogen and oxygen atoms in total. The summed E-state index contributed by atoms with van der Waals surface area (Å²) in [5.41, 5.74) is -0.0590. The highest BCUT2D eigenvalue weighted by Crippen LogP contribution is 2.30. The SMILES string of the molecule is CC(Nc1ccc(C(=O)O)c([N+](=O)[O-])c1)C1CCCC1. The van der Waals surface area contributed by atoms with Crippen LogP contribution in [0.15, 0.2) is 18.2 Å². The van der Waals surface area contributed by atoms with Gasteiger partial charge < -0.3 is 10.4 Å². The van der Waals surface area contributed by atoms with Crippen LogP contribution in [-0.2, 0) is 0 Å². The average Bonchev–Trinajstić information content (AvgIpc) is 2.92. The van der Waals surface area contributed by atoms with Gasteiger partial charge in [-0.3, -0.25) is 10.1 Å². The molecule has 0 spiro atoms. The Balaban J connectivity index is 2.18. The summed E-state index contributed by atoms with van der Waals surface area (Å²) < 4.78 is 0. The van der Waals surface area contributed by atoms with E-state index in [-0.39, 0.29) is 17.3 Å². The van der Waals surface area contributed by atoms with Gasteiger partial charge in [-0.2, -0.15) is 0 Å². The van der Waals surface area contributed by atoms with Crippen molar-refractivity contribution in [3.05, 3.63) is 33.9 Å². The number of rotatable bonds is 5. The number of nitrogens with zero attached hydrogens (tertiary/aromatic N) is 1. The Labute approximate surface area is 117 Å². The molecule has 0 aromatic heterocycles. The minimum atomic E-state index is -1.29. The summed E-state index contributed by atoms with van der Waals surface area (Å²) in [6.07, 6.45) is 4.80. The van der Waals surface area contributed by atoms with Gasteiger partial charge in [0.2, 0.25) is 0 Å². The van der Waals surface area contributed by atoms with E-state index >= 15 is 0 Å². The van der Waals surface area contributed by atoms with E-state index in [1.165, 1.54) is 37.8 Å². The van der Waals surface area contributed by atoms with E-state index in [0.29, 0.717) is 11.6 Å². The Morgan fingerprint density at radius 3 is 2.65 bits per heavy atom. The maximum absolute atomic E-state index is 10.9. The van der Waals surface area contributed by atoms with Crippen LogP contribution in [0.25, 0.3) is 0 Å². The zero-order valence-electron chi connectivity index (χ0n) is 11.3. The number of anilines is 1. The second-order valence-corrected chi connectivity index (χ2v) is 5.27. The van der Waals surface area contributed by atoms with Gasteiger partial charge in [0.05, 0.1) is 4.92 Å². The van der Waals surface area contributed by atoms with Crippen molar-refractivity contribution < 1.29 is 14.8 Å². The van der Waals surface area contributed by atoms with Crippen molar-refractivity contribution in [1.82, 2.24) is 0 Å². The number of aromatic carboxylic acids is 1. The molecule has 6 heteroatoms. The van der Waals surface area contributed by atoms with Crippen molar-refractivity contribution in [2.45, 2.75) is 38.6 Å². The molecule has 1 unspecified atom stereocenters. The number of nitro groups is 1. The van der Waals surface area contributed by atoms with Gasteiger partial charge >= 0.3 is 5.97 Å². The summed E-state index contributed by atoms with van der Waals surface area (Å²) >= 11 is 0. The molecular formula is C14H18N2O4. The lowest BCUT2D eigenvalue weighted by molar-refractivity contribution is -0.385. The standard InChI is InChI=1S/C14H18N2O4/c1-9(10-4-2-3-5-10)15-11-6-7-12(14(17)18)13(8-11)16(19)20/h6-10,15H,2-5H2,1H3,(H,17,18). The molecule has 0 saturated heterocycles. The third-order valence-electron chi connectivity index (χ3n) is 3.93. The Bertz CT molecular complexity index is 524. The maximum Gasteiger partial charge on any atom is 0.342 e. The van der Waals surface area contributed by atoms with Crippen LogP contribution in [0, 0.1) is 16.0 Å². The highest BCUT2D eigenvalue weighted by molar-refractivity contribution is 5.93. The number of nitrogens with one attached hydrogen (secondary N) is 1. The van der Waals surface area contributed by atoms with Crippen LogP contribution < -0.4 is 5.32 Å². The third-order valence-corrected chi connectivity index (χ3v) is 3.93. The minimum absolute atomic E-state index is 0.229. The highest BCUT2D eigenvalue weighted by atomic mass is 16.6. The molecule has 20 heavy (non-hydrogen) atoms. The Morgan fingerprint density at radius 2 is 2.10 bits per heavy atom. The molecule has 2 N–H and O–H groups in total. The van der Waals surface area contributed by atoms with Crippen molar-refractivity contribution in [1.29, 1.82) is 0 Å². The summed E-state index contributed by atoms with van der Waals surface area (Å²) in [5.74, 6) is -0.708. The smallest absolute Gasteiger partial charge is 0.342 e. The summed E-state index contributed by atoms with van der Waals surface area (Å²) in [4.78, 5) is 21.2. The van der Waals surface area contributed by atoms with Gasteiger partial charge in [-0.15, -0.1) is 0 Å². The fourth-order valence-corrected chi connectivity index (χ4v) is 2.79. The predicted octanol–water partition coefficient (Wildman–Crippen LogP) is 3.28. The second kappa shape index (κ2) is 5.90. The monoisotopic (exact) mass is 278 g/mol. The van der Waals surface area contributed by atoms with Crippen molar-refractivity contribution >= 4 is 17.3 Å². The second-order valence-electron chi connectivity index (χ2n) is 5.27. The van der Waals surface area contributed by atoms with Gasteiger partial charge in [0, 0.05) is 17.8 Å². The van der Waals surface area contributed by atoms with Crippen molar-refractivity contribution in [2.75, 3.05) is 5.32 Å². The molecule has 1 atom stereocenters. The van der Waals surface area contributed by atoms with E-state index in [4.69, 9.17) is 5.11 Å². The fourth-order valence-electron chi connectivity index (χ4n) is 2.79. The van der Waals surface area contributed by atoms with E-state index in [0.717, 1.165) is 0 Å². The molecule has 0 aliphatic heterocycles. The molecular weight excluding hydrogens is 260 g/mol. The molecule has 1 aliphatic rings. The van der Waals surface area contributed by atoms with Crippen LogP contribution in [-0.4, -0.2) is 22.0 Å². The van der Waals surface area contributed by atoms with Crippen LogP contribution in [0.2, 0.25) is 0 Å². The molecule has 0 bridgehead atoms. The number of hydrogen-bond acceptors (Lipinski definition) is 4. The van der Waals surface area contributed by atoms with E-state index in [2.05, 4.69) is 12.2 Å². The maximum atomic E-state index is 10.9. The minimum Gasteiger partial charge on any atom is -0.477 e. The molecule has 1 saturated carbocycles. The van der Waals surface area contributed by atoms with Gasteiger partial charge in [-0.1, -0.05) is 12.8 Å². The summed E-state index contributed by atoms with van der Waals surface area (Å²) in [7, 11) is 0. The number of hydrogen-bond donors (Lipinski definition) is 2. The van der Waals surface area contributed by atoms with Crippen molar-refractivity contribution in [3.63, 3.8) is 0 Å². The third kappa shape index (κ3) is 3.07. The van der Waals surface area contributed by atoms with E-state index in [9.17, 15) is 14.9 Å². The number of carboxylic acid groups (broad SMARTS) is 1. The van der Waals surface area contributed by atoms with E-state index in [1.807, 2.05) is 0 Å². The van der Waals surface area contributed by atoms with Crippen LogP contribution in [0.4, 0.5) is 11.4 Å². The summed E-state index contributed by atoms with van der Waals surface area (Å²) in [6, 6.07) is 4.40. The topological polar surface area (TPSA) is 92.5 Å². The molecule has 1 aliphatic carbocycles. The van der Waals surface area contributed by atoms with Crippen LogP contribution in [0.3, 0.4) is 0 Å². The molecule has 1 fully saturated rings. The largest absolute Gasteiger partial charge is 0.477 e. The Kier molecular flexibility index (Phi) is 4.22.